The highest BCUT2D eigenvalue weighted by atomic mass is 15.2. The molecular weight excluding hydrogens is 270 g/mol. The number of hydrogen-bond acceptors (Lipinski definition) is 3. The van der Waals surface area contributed by atoms with E-state index in [1.807, 2.05) is 0 Å². The average molecular weight is 301 g/mol. The first-order valence-corrected chi connectivity index (χ1v) is 8.89. The summed E-state index contributed by atoms with van der Waals surface area (Å²) in [5.41, 5.74) is 4.36. The van der Waals surface area contributed by atoms with Crippen LogP contribution >= 0.6 is 0 Å². The Bertz CT molecular complexity index is 491. The van der Waals surface area contributed by atoms with E-state index in [-0.39, 0.29) is 0 Å². The van der Waals surface area contributed by atoms with E-state index in [2.05, 4.69) is 54.3 Å². The number of likely N-dealkylation sites (tertiary alicyclic amines) is 1. The summed E-state index contributed by atoms with van der Waals surface area (Å²) < 4.78 is 0. The quantitative estimate of drug-likeness (QED) is 0.922. The lowest BCUT2D eigenvalue weighted by molar-refractivity contribution is 0.113. The molecular formula is C19H31N3. The molecule has 0 radical (unpaired) electrons. The molecule has 0 aliphatic carbocycles. The SMILES string of the molecule is CC(Cc1ccc2c(c1)CCCN2)N(C)C1CCN(C)CC1. The van der Waals surface area contributed by atoms with Crippen LogP contribution in [-0.2, 0) is 12.8 Å². The third kappa shape index (κ3) is 3.64. The number of hydrogen-bond donors (Lipinski definition) is 1. The van der Waals surface area contributed by atoms with Crippen molar-refractivity contribution in [3.63, 3.8) is 0 Å². The van der Waals surface area contributed by atoms with Crippen LogP contribution in [0.5, 0.6) is 0 Å². The minimum Gasteiger partial charge on any atom is -0.385 e. The first kappa shape index (κ1) is 15.8. The van der Waals surface area contributed by atoms with Crippen LogP contribution in [0.4, 0.5) is 5.69 Å². The van der Waals surface area contributed by atoms with Crippen LogP contribution in [0.15, 0.2) is 18.2 Å². The van der Waals surface area contributed by atoms with Gasteiger partial charge in [0.25, 0.3) is 0 Å². The summed E-state index contributed by atoms with van der Waals surface area (Å²) in [5, 5.41) is 3.51. The number of fused-ring (bicyclic) bond motifs is 1. The van der Waals surface area contributed by atoms with Crippen LogP contribution in [0.25, 0.3) is 0 Å². The first-order valence-electron chi connectivity index (χ1n) is 8.89. The Morgan fingerprint density at radius 1 is 1.32 bits per heavy atom. The molecule has 0 bridgehead atoms. The van der Waals surface area contributed by atoms with Gasteiger partial charge in [0.2, 0.25) is 0 Å². The molecule has 3 heteroatoms. The number of rotatable bonds is 4. The van der Waals surface area contributed by atoms with E-state index in [0.29, 0.717) is 6.04 Å². The van der Waals surface area contributed by atoms with Crippen molar-refractivity contribution in [1.29, 1.82) is 0 Å². The van der Waals surface area contributed by atoms with Gasteiger partial charge in [-0.15, -0.1) is 0 Å². The second-order valence-corrected chi connectivity index (χ2v) is 7.27. The maximum absolute atomic E-state index is 3.51. The summed E-state index contributed by atoms with van der Waals surface area (Å²) in [6, 6.07) is 8.40. The molecule has 0 saturated carbocycles. The molecule has 1 atom stereocenters. The fourth-order valence-electron chi connectivity index (χ4n) is 3.90. The van der Waals surface area contributed by atoms with Crippen LogP contribution in [-0.4, -0.2) is 55.6 Å². The maximum Gasteiger partial charge on any atom is 0.0372 e. The highest BCUT2D eigenvalue weighted by Gasteiger charge is 2.24. The molecule has 2 aliphatic heterocycles. The van der Waals surface area contributed by atoms with Gasteiger partial charge in [-0.3, -0.25) is 0 Å². The number of likely N-dealkylation sites (N-methyl/N-ethyl adjacent to an activating group) is 1. The third-order valence-corrected chi connectivity index (χ3v) is 5.60. The molecule has 3 rings (SSSR count). The molecule has 0 aromatic heterocycles. The lowest BCUT2D eigenvalue weighted by atomic mass is 9.96. The van der Waals surface area contributed by atoms with Gasteiger partial charge in [-0.05, 0) is 83.4 Å². The molecule has 0 amide bonds. The summed E-state index contributed by atoms with van der Waals surface area (Å²) >= 11 is 0. The number of benzene rings is 1. The Morgan fingerprint density at radius 3 is 2.86 bits per heavy atom. The fraction of sp³-hybridized carbons (Fsp3) is 0.684. The second kappa shape index (κ2) is 7.01. The van der Waals surface area contributed by atoms with Gasteiger partial charge in [0, 0.05) is 24.3 Å². The number of piperidine rings is 1. The zero-order valence-electron chi connectivity index (χ0n) is 14.4. The van der Waals surface area contributed by atoms with Gasteiger partial charge in [0.15, 0.2) is 0 Å². The van der Waals surface area contributed by atoms with Gasteiger partial charge in [-0.1, -0.05) is 12.1 Å². The largest absolute Gasteiger partial charge is 0.385 e. The van der Waals surface area contributed by atoms with Gasteiger partial charge < -0.3 is 15.1 Å². The van der Waals surface area contributed by atoms with Crippen molar-refractivity contribution in [2.75, 3.05) is 39.0 Å². The smallest absolute Gasteiger partial charge is 0.0372 e. The number of nitrogens with zero attached hydrogens (tertiary/aromatic N) is 2. The summed E-state index contributed by atoms with van der Waals surface area (Å²) in [4.78, 5) is 5.07. The van der Waals surface area contributed by atoms with E-state index in [1.165, 1.54) is 55.6 Å². The fourth-order valence-corrected chi connectivity index (χ4v) is 3.90. The lowest BCUT2D eigenvalue weighted by Crippen LogP contribution is -2.46. The molecule has 22 heavy (non-hydrogen) atoms. The van der Waals surface area contributed by atoms with E-state index < -0.39 is 0 Å². The van der Waals surface area contributed by atoms with E-state index in [0.717, 1.165) is 19.0 Å². The van der Waals surface area contributed by atoms with Gasteiger partial charge in [-0.2, -0.15) is 0 Å². The minimum absolute atomic E-state index is 0.614. The Kier molecular flexibility index (Phi) is 5.04. The molecule has 1 fully saturated rings. The van der Waals surface area contributed by atoms with Crippen LogP contribution in [0.1, 0.15) is 37.3 Å². The van der Waals surface area contributed by atoms with E-state index in [4.69, 9.17) is 0 Å². The van der Waals surface area contributed by atoms with Gasteiger partial charge >= 0.3 is 0 Å². The van der Waals surface area contributed by atoms with Gasteiger partial charge in [0.1, 0.15) is 0 Å². The molecule has 3 nitrogen and oxygen atoms in total. The van der Waals surface area contributed by atoms with Crippen LogP contribution in [0.3, 0.4) is 0 Å². The molecule has 1 N–H and O–H groups in total. The highest BCUT2D eigenvalue weighted by Crippen LogP contribution is 2.24. The summed E-state index contributed by atoms with van der Waals surface area (Å²) in [5.74, 6) is 0. The molecule has 2 aliphatic rings. The first-order chi connectivity index (χ1) is 10.6. The van der Waals surface area contributed by atoms with Crippen LogP contribution in [0, 0.1) is 0 Å². The average Bonchev–Trinajstić information content (AvgIpc) is 2.55. The van der Waals surface area contributed by atoms with E-state index >= 15 is 0 Å². The van der Waals surface area contributed by atoms with Crippen LogP contribution < -0.4 is 5.32 Å². The third-order valence-electron chi connectivity index (χ3n) is 5.60. The lowest BCUT2D eigenvalue weighted by Gasteiger charge is -2.38. The van der Waals surface area contributed by atoms with Gasteiger partial charge in [0.05, 0.1) is 0 Å². The molecule has 1 saturated heterocycles. The Hall–Kier alpha value is -1.06. The van der Waals surface area contributed by atoms with Crippen molar-refractivity contribution >= 4 is 5.69 Å². The zero-order valence-corrected chi connectivity index (χ0v) is 14.4. The van der Waals surface area contributed by atoms with Crippen molar-refractivity contribution in [3.8, 4) is 0 Å². The van der Waals surface area contributed by atoms with Gasteiger partial charge in [-0.25, -0.2) is 0 Å². The molecule has 1 aromatic rings. The predicted octanol–water partition coefficient (Wildman–Crippen LogP) is 3.00. The molecule has 1 unspecified atom stereocenters. The van der Waals surface area contributed by atoms with Crippen molar-refractivity contribution in [2.24, 2.45) is 0 Å². The van der Waals surface area contributed by atoms with Crippen molar-refractivity contribution in [1.82, 2.24) is 9.80 Å². The zero-order chi connectivity index (χ0) is 15.5. The highest BCUT2D eigenvalue weighted by molar-refractivity contribution is 5.54. The Morgan fingerprint density at radius 2 is 2.09 bits per heavy atom. The standard InChI is InChI=1S/C19H31N3/c1-15(22(3)18-8-11-21(2)12-9-18)13-16-6-7-19-17(14-16)5-4-10-20-19/h6-7,14-15,18,20H,4-5,8-13H2,1-3H3. The van der Waals surface area contributed by atoms with E-state index in [9.17, 15) is 0 Å². The molecule has 0 spiro atoms. The number of anilines is 1. The van der Waals surface area contributed by atoms with Crippen molar-refractivity contribution < 1.29 is 0 Å². The number of aryl methyl sites for hydroxylation is 1. The van der Waals surface area contributed by atoms with Crippen molar-refractivity contribution in [3.05, 3.63) is 29.3 Å². The second-order valence-electron chi connectivity index (χ2n) is 7.27. The molecule has 2 heterocycles. The molecule has 122 valence electrons. The Labute approximate surface area is 135 Å². The predicted molar refractivity (Wildman–Crippen MR) is 94.7 cm³/mol. The normalized spacial score (nSPS) is 21.5. The topological polar surface area (TPSA) is 18.5 Å². The van der Waals surface area contributed by atoms with Crippen LogP contribution in [0.2, 0.25) is 0 Å². The summed E-state index contributed by atoms with van der Waals surface area (Å²) in [7, 11) is 4.56. The van der Waals surface area contributed by atoms with Crippen molar-refractivity contribution in [2.45, 2.75) is 51.1 Å². The number of nitrogens with one attached hydrogen (secondary N) is 1. The minimum atomic E-state index is 0.614. The summed E-state index contributed by atoms with van der Waals surface area (Å²) in [6.45, 7) is 6.00. The summed E-state index contributed by atoms with van der Waals surface area (Å²) in [6.07, 6.45) is 6.28. The Balaban J connectivity index is 1.60. The maximum atomic E-state index is 3.51. The van der Waals surface area contributed by atoms with E-state index in [1.54, 1.807) is 0 Å². The monoisotopic (exact) mass is 301 g/mol. The molecule has 1 aromatic carbocycles.